The Bertz CT molecular complexity index is 1020. The van der Waals surface area contributed by atoms with E-state index in [1.807, 2.05) is 38.1 Å². The number of anilines is 3. The van der Waals surface area contributed by atoms with Gasteiger partial charge in [0.25, 0.3) is 5.91 Å². The highest BCUT2D eigenvalue weighted by Crippen LogP contribution is 2.25. The van der Waals surface area contributed by atoms with Crippen molar-refractivity contribution < 1.29 is 18.0 Å². The number of rotatable bonds is 5. The zero-order valence-electron chi connectivity index (χ0n) is 15.3. The number of nitrogens with one attached hydrogen (secondary N) is 1. The molecule has 1 N–H and O–H groups in total. The fourth-order valence-electron chi connectivity index (χ4n) is 2.80. The maximum absolute atomic E-state index is 13.9. The molecule has 4 nitrogen and oxygen atoms in total. The Hall–Kier alpha value is -3.35. The lowest BCUT2D eigenvalue weighted by molar-refractivity contribution is 0.0988. The highest BCUT2D eigenvalue weighted by molar-refractivity contribution is 6.06. The van der Waals surface area contributed by atoms with Crippen LogP contribution in [0, 0.1) is 24.4 Å². The Morgan fingerprint density at radius 2 is 1.86 bits per heavy atom. The standard InChI is InChI=1S/C21H18F3N3O/c1-3-27(16-6-4-5-13(2)9-16)21(28)14-10-15(12-25-11-14)26-18-8-7-17(22)19(23)20(18)24/h4-12,26H,3H2,1-2H3. The number of amides is 1. The molecule has 0 radical (unpaired) electrons. The minimum atomic E-state index is -1.57. The number of halogens is 3. The number of carbonyl (C=O) groups is 1. The molecule has 0 fully saturated rings. The summed E-state index contributed by atoms with van der Waals surface area (Å²) in [5.74, 6) is -4.47. The summed E-state index contributed by atoms with van der Waals surface area (Å²) < 4.78 is 40.4. The molecule has 7 heteroatoms. The second-order valence-electron chi connectivity index (χ2n) is 6.20. The monoisotopic (exact) mass is 385 g/mol. The van der Waals surface area contributed by atoms with Crippen molar-refractivity contribution in [3.05, 3.63) is 83.4 Å². The van der Waals surface area contributed by atoms with Crippen LogP contribution in [0.4, 0.5) is 30.2 Å². The number of hydrogen-bond acceptors (Lipinski definition) is 3. The first-order valence-corrected chi connectivity index (χ1v) is 8.64. The molecule has 2 aromatic carbocycles. The van der Waals surface area contributed by atoms with Crippen molar-refractivity contribution in [3.8, 4) is 0 Å². The van der Waals surface area contributed by atoms with Crippen molar-refractivity contribution >= 4 is 23.0 Å². The van der Waals surface area contributed by atoms with E-state index in [1.54, 1.807) is 4.90 Å². The molecular formula is C21H18F3N3O. The van der Waals surface area contributed by atoms with Crippen molar-refractivity contribution in [2.45, 2.75) is 13.8 Å². The average Bonchev–Trinajstić information content (AvgIpc) is 2.69. The molecule has 1 aromatic heterocycles. The first-order valence-electron chi connectivity index (χ1n) is 8.64. The zero-order chi connectivity index (χ0) is 20.3. The van der Waals surface area contributed by atoms with Crippen LogP contribution in [0.1, 0.15) is 22.8 Å². The van der Waals surface area contributed by atoms with Crippen molar-refractivity contribution in [1.29, 1.82) is 0 Å². The quantitative estimate of drug-likeness (QED) is 0.613. The molecule has 0 spiro atoms. The van der Waals surface area contributed by atoms with E-state index < -0.39 is 17.5 Å². The second-order valence-corrected chi connectivity index (χ2v) is 6.20. The van der Waals surface area contributed by atoms with Crippen LogP contribution in [0.25, 0.3) is 0 Å². The first kappa shape index (κ1) is 19.4. The molecule has 0 aliphatic rings. The molecule has 0 aliphatic heterocycles. The van der Waals surface area contributed by atoms with Crippen LogP contribution in [0.5, 0.6) is 0 Å². The van der Waals surface area contributed by atoms with E-state index in [4.69, 9.17) is 0 Å². The second kappa shape index (κ2) is 8.12. The molecule has 144 valence electrons. The lowest BCUT2D eigenvalue weighted by Gasteiger charge is -2.21. The van der Waals surface area contributed by atoms with E-state index in [0.717, 1.165) is 23.4 Å². The summed E-state index contributed by atoms with van der Waals surface area (Å²) >= 11 is 0. The molecule has 28 heavy (non-hydrogen) atoms. The van der Waals surface area contributed by atoms with Crippen LogP contribution < -0.4 is 10.2 Å². The van der Waals surface area contributed by atoms with Crippen LogP contribution in [0.3, 0.4) is 0 Å². The maximum atomic E-state index is 13.9. The third-order valence-electron chi connectivity index (χ3n) is 4.17. The van der Waals surface area contributed by atoms with Gasteiger partial charge in [0.1, 0.15) is 0 Å². The van der Waals surface area contributed by atoms with E-state index in [0.29, 0.717) is 6.54 Å². The Morgan fingerprint density at radius 1 is 1.07 bits per heavy atom. The molecule has 0 saturated carbocycles. The topological polar surface area (TPSA) is 45.2 Å². The van der Waals surface area contributed by atoms with Gasteiger partial charge in [-0.1, -0.05) is 12.1 Å². The van der Waals surface area contributed by atoms with E-state index in [9.17, 15) is 18.0 Å². The molecule has 1 heterocycles. The van der Waals surface area contributed by atoms with Crippen LogP contribution in [-0.4, -0.2) is 17.4 Å². The number of carbonyl (C=O) groups excluding carboxylic acids is 1. The van der Waals surface area contributed by atoms with E-state index in [-0.39, 0.29) is 22.8 Å². The van der Waals surface area contributed by atoms with E-state index in [2.05, 4.69) is 10.3 Å². The zero-order valence-corrected chi connectivity index (χ0v) is 15.3. The smallest absolute Gasteiger partial charge is 0.259 e. The summed E-state index contributed by atoms with van der Waals surface area (Å²) in [5, 5.41) is 2.63. The van der Waals surface area contributed by atoms with Gasteiger partial charge in [-0.05, 0) is 49.7 Å². The maximum Gasteiger partial charge on any atom is 0.259 e. The number of nitrogens with zero attached hydrogens (tertiary/aromatic N) is 2. The molecule has 0 bridgehead atoms. The lowest BCUT2D eigenvalue weighted by Crippen LogP contribution is -2.30. The molecule has 0 aliphatic carbocycles. The van der Waals surface area contributed by atoms with Gasteiger partial charge in [0.2, 0.25) is 0 Å². The number of hydrogen-bond donors (Lipinski definition) is 1. The van der Waals surface area contributed by atoms with Crippen molar-refractivity contribution in [1.82, 2.24) is 4.98 Å². The minimum Gasteiger partial charge on any atom is -0.352 e. The highest BCUT2D eigenvalue weighted by Gasteiger charge is 2.18. The summed E-state index contributed by atoms with van der Waals surface area (Å²) in [4.78, 5) is 18.5. The van der Waals surface area contributed by atoms with Crippen LogP contribution in [-0.2, 0) is 0 Å². The van der Waals surface area contributed by atoms with Gasteiger partial charge in [-0.2, -0.15) is 0 Å². The van der Waals surface area contributed by atoms with E-state index in [1.165, 1.54) is 18.5 Å². The predicted octanol–water partition coefficient (Wildman–Crippen LogP) is 5.22. The van der Waals surface area contributed by atoms with Gasteiger partial charge in [0.15, 0.2) is 17.5 Å². The predicted molar refractivity (Wildman–Crippen MR) is 102 cm³/mol. The molecule has 0 atom stereocenters. The average molecular weight is 385 g/mol. The molecule has 3 aromatic rings. The van der Waals surface area contributed by atoms with Crippen LogP contribution in [0.15, 0.2) is 54.9 Å². The number of benzene rings is 2. The third kappa shape index (κ3) is 3.98. The van der Waals surface area contributed by atoms with Gasteiger partial charge < -0.3 is 10.2 Å². The number of aryl methyl sites for hydroxylation is 1. The van der Waals surface area contributed by atoms with Gasteiger partial charge in [0.05, 0.1) is 23.1 Å². The van der Waals surface area contributed by atoms with Crippen molar-refractivity contribution in [2.75, 3.05) is 16.8 Å². The lowest BCUT2D eigenvalue weighted by atomic mass is 10.1. The summed E-state index contributed by atoms with van der Waals surface area (Å²) in [7, 11) is 0. The Balaban J connectivity index is 1.88. The number of aromatic nitrogens is 1. The fraction of sp³-hybridized carbons (Fsp3) is 0.143. The largest absolute Gasteiger partial charge is 0.352 e. The SMILES string of the molecule is CCN(C(=O)c1cncc(Nc2ccc(F)c(F)c2F)c1)c1cccc(C)c1. The highest BCUT2D eigenvalue weighted by atomic mass is 19.2. The van der Waals surface area contributed by atoms with Gasteiger partial charge in [-0.15, -0.1) is 0 Å². The first-order chi connectivity index (χ1) is 13.4. The summed E-state index contributed by atoms with van der Waals surface area (Å²) in [6.45, 7) is 4.23. The number of pyridine rings is 1. The van der Waals surface area contributed by atoms with Gasteiger partial charge in [0, 0.05) is 18.4 Å². The van der Waals surface area contributed by atoms with Gasteiger partial charge in [-0.3, -0.25) is 9.78 Å². The minimum absolute atomic E-state index is 0.253. The van der Waals surface area contributed by atoms with Crippen molar-refractivity contribution in [3.63, 3.8) is 0 Å². The molecule has 1 amide bonds. The van der Waals surface area contributed by atoms with Gasteiger partial charge >= 0.3 is 0 Å². The molecule has 0 saturated heterocycles. The normalized spacial score (nSPS) is 10.6. The fourth-order valence-corrected chi connectivity index (χ4v) is 2.80. The van der Waals surface area contributed by atoms with E-state index >= 15 is 0 Å². The van der Waals surface area contributed by atoms with Crippen LogP contribution >= 0.6 is 0 Å². The summed E-state index contributed by atoms with van der Waals surface area (Å²) in [5.41, 5.74) is 2.06. The Labute approximate surface area is 160 Å². The summed E-state index contributed by atoms with van der Waals surface area (Å²) in [6, 6.07) is 10.9. The molecule has 3 rings (SSSR count). The molecule has 0 unspecified atom stereocenters. The van der Waals surface area contributed by atoms with Gasteiger partial charge in [-0.25, -0.2) is 13.2 Å². The van der Waals surface area contributed by atoms with Crippen LogP contribution in [0.2, 0.25) is 0 Å². The van der Waals surface area contributed by atoms with Crippen molar-refractivity contribution in [2.24, 2.45) is 0 Å². The Morgan fingerprint density at radius 3 is 2.57 bits per heavy atom. The molecular weight excluding hydrogens is 367 g/mol. The summed E-state index contributed by atoms with van der Waals surface area (Å²) in [6.07, 6.45) is 2.76. The third-order valence-corrected chi connectivity index (χ3v) is 4.17. The Kier molecular flexibility index (Phi) is 5.63.